The van der Waals surface area contributed by atoms with Gasteiger partial charge in [0, 0.05) is 19.5 Å². The Kier molecular flexibility index (Phi) is 12.2. The Bertz CT molecular complexity index is 1740. The number of anilines is 1. The molecule has 0 aliphatic heterocycles. The van der Waals surface area contributed by atoms with Crippen molar-refractivity contribution < 1.29 is 22.4 Å². The maximum absolute atomic E-state index is 14.5. The number of nitrogens with one attached hydrogen (secondary N) is 1. The van der Waals surface area contributed by atoms with E-state index in [1.165, 1.54) is 29.2 Å². The lowest BCUT2D eigenvalue weighted by molar-refractivity contribution is -0.140. The minimum absolute atomic E-state index is 0.0376. The second-order valence-electron chi connectivity index (χ2n) is 10.9. The van der Waals surface area contributed by atoms with Crippen LogP contribution in [0, 0.1) is 12.7 Å². The van der Waals surface area contributed by atoms with Crippen LogP contribution >= 0.6 is 23.2 Å². The van der Waals surface area contributed by atoms with Crippen molar-refractivity contribution in [3.8, 4) is 0 Å². The van der Waals surface area contributed by atoms with Crippen LogP contribution in [0.25, 0.3) is 0 Å². The van der Waals surface area contributed by atoms with Crippen LogP contribution in [0.2, 0.25) is 10.0 Å². The first-order valence-corrected chi connectivity index (χ1v) is 17.1. The average Bonchev–Trinajstić information content (AvgIpc) is 3.04. The van der Waals surface area contributed by atoms with Crippen LogP contribution < -0.4 is 9.62 Å². The molecule has 1 atom stereocenters. The number of carbonyl (C=O) groups excluding carboxylic acids is 2. The molecule has 4 aromatic rings. The lowest BCUT2D eigenvalue weighted by atomic mass is 10.0. The Hall–Kier alpha value is -3.92. The number of benzene rings is 4. The third-order valence-corrected chi connectivity index (χ3v) is 9.97. The van der Waals surface area contributed by atoms with Crippen molar-refractivity contribution in [3.05, 3.63) is 130 Å². The summed E-state index contributed by atoms with van der Waals surface area (Å²) in [6, 6.07) is 24.3. The number of rotatable bonds is 14. The number of unbranched alkanes of at least 4 members (excludes halogenated alkanes) is 1. The standard InChI is InChI=1S/C35H36Cl2FN3O4S/c1-3-4-20-39-35(43)33(22-26-8-6-5-7-9-26)40(23-27-12-19-31(36)32(37)21-27)34(42)24-41(29-15-13-28(38)14-16-29)46(44,45)30-17-10-25(2)11-18-30/h5-19,21,33H,3-4,20,22-24H2,1-2H3,(H,39,43)/t33-/m1/s1. The minimum atomic E-state index is -4.30. The summed E-state index contributed by atoms with van der Waals surface area (Å²) in [6.07, 6.45) is 1.78. The summed E-state index contributed by atoms with van der Waals surface area (Å²) in [5, 5.41) is 3.54. The third-order valence-electron chi connectivity index (χ3n) is 7.44. The highest BCUT2D eigenvalue weighted by Crippen LogP contribution is 2.27. The zero-order valence-corrected chi connectivity index (χ0v) is 28.0. The number of hydrogen-bond donors (Lipinski definition) is 1. The van der Waals surface area contributed by atoms with E-state index in [1.54, 1.807) is 30.3 Å². The predicted molar refractivity (Wildman–Crippen MR) is 181 cm³/mol. The molecule has 1 N–H and O–H groups in total. The van der Waals surface area contributed by atoms with Gasteiger partial charge in [-0.15, -0.1) is 0 Å². The van der Waals surface area contributed by atoms with Crippen molar-refractivity contribution in [3.63, 3.8) is 0 Å². The van der Waals surface area contributed by atoms with Gasteiger partial charge in [0.1, 0.15) is 18.4 Å². The van der Waals surface area contributed by atoms with Crippen LogP contribution in [-0.4, -0.2) is 44.3 Å². The molecule has 0 unspecified atom stereocenters. The van der Waals surface area contributed by atoms with E-state index in [0.29, 0.717) is 17.1 Å². The van der Waals surface area contributed by atoms with E-state index in [9.17, 15) is 22.4 Å². The van der Waals surface area contributed by atoms with Crippen molar-refractivity contribution in [2.24, 2.45) is 0 Å². The normalized spacial score (nSPS) is 11.9. The maximum atomic E-state index is 14.5. The second kappa shape index (κ2) is 16.1. The molecule has 0 saturated carbocycles. The molecule has 4 aromatic carbocycles. The molecule has 0 fully saturated rings. The fourth-order valence-electron chi connectivity index (χ4n) is 4.87. The highest BCUT2D eigenvalue weighted by atomic mass is 35.5. The molecule has 0 saturated heterocycles. The van der Waals surface area contributed by atoms with Crippen LogP contribution in [0.4, 0.5) is 10.1 Å². The van der Waals surface area contributed by atoms with Gasteiger partial charge in [-0.25, -0.2) is 12.8 Å². The summed E-state index contributed by atoms with van der Waals surface area (Å²) in [5.41, 5.74) is 2.36. The summed E-state index contributed by atoms with van der Waals surface area (Å²) in [4.78, 5) is 29.6. The summed E-state index contributed by atoms with van der Waals surface area (Å²) in [6.45, 7) is 3.54. The van der Waals surface area contributed by atoms with Crippen molar-refractivity contribution >= 4 is 50.7 Å². The summed E-state index contributed by atoms with van der Waals surface area (Å²) in [7, 11) is -4.30. The zero-order chi connectivity index (χ0) is 33.3. The van der Waals surface area contributed by atoms with Crippen LogP contribution in [-0.2, 0) is 32.6 Å². The van der Waals surface area contributed by atoms with Gasteiger partial charge >= 0.3 is 0 Å². The second-order valence-corrected chi connectivity index (χ2v) is 13.6. The fourth-order valence-corrected chi connectivity index (χ4v) is 6.60. The molecule has 11 heteroatoms. The number of hydrogen-bond acceptors (Lipinski definition) is 4. The molecule has 0 spiro atoms. The van der Waals surface area contributed by atoms with Gasteiger partial charge in [0.25, 0.3) is 10.0 Å². The van der Waals surface area contributed by atoms with Gasteiger partial charge in [-0.2, -0.15) is 0 Å². The van der Waals surface area contributed by atoms with E-state index in [-0.39, 0.29) is 34.5 Å². The largest absolute Gasteiger partial charge is 0.354 e. The number of sulfonamides is 1. The maximum Gasteiger partial charge on any atom is 0.264 e. The number of carbonyl (C=O) groups is 2. The molecule has 0 aliphatic carbocycles. The summed E-state index contributed by atoms with van der Waals surface area (Å²) in [5.74, 6) is -1.58. The Morgan fingerprint density at radius 1 is 0.870 bits per heavy atom. The SMILES string of the molecule is CCCCNC(=O)[C@@H](Cc1ccccc1)N(Cc1ccc(Cl)c(Cl)c1)C(=O)CN(c1ccc(F)cc1)S(=O)(=O)c1ccc(C)cc1. The van der Waals surface area contributed by atoms with Crippen molar-refractivity contribution in [1.82, 2.24) is 10.2 Å². The molecule has 0 radical (unpaired) electrons. The van der Waals surface area contributed by atoms with Gasteiger partial charge in [0.05, 0.1) is 20.6 Å². The highest BCUT2D eigenvalue weighted by Gasteiger charge is 2.34. The molecule has 2 amide bonds. The number of aryl methyl sites for hydroxylation is 1. The van der Waals surface area contributed by atoms with E-state index < -0.39 is 34.3 Å². The summed E-state index contributed by atoms with van der Waals surface area (Å²) < 4.78 is 43.0. The first kappa shape index (κ1) is 34.9. The predicted octanol–water partition coefficient (Wildman–Crippen LogP) is 7.19. The van der Waals surface area contributed by atoms with Crippen LogP contribution in [0.1, 0.15) is 36.5 Å². The van der Waals surface area contributed by atoms with Crippen LogP contribution in [0.3, 0.4) is 0 Å². The zero-order valence-electron chi connectivity index (χ0n) is 25.6. The lowest BCUT2D eigenvalue weighted by Gasteiger charge is -2.34. The topological polar surface area (TPSA) is 86.8 Å². The first-order chi connectivity index (χ1) is 22.0. The van der Waals surface area contributed by atoms with E-state index in [0.717, 1.165) is 40.4 Å². The van der Waals surface area contributed by atoms with Gasteiger partial charge in [-0.05, 0) is 73.0 Å². The van der Waals surface area contributed by atoms with E-state index in [1.807, 2.05) is 44.2 Å². The van der Waals surface area contributed by atoms with Crippen LogP contribution in [0.5, 0.6) is 0 Å². The smallest absolute Gasteiger partial charge is 0.264 e. The molecule has 0 aliphatic rings. The van der Waals surface area contributed by atoms with Gasteiger partial charge in [-0.3, -0.25) is 13.9 Å². The van der Waals surface area contributed by atoms with E-state index in [2.05, 4.69) is 5.32 Å². The van der Waals surface area contributed by atoms with Gasteiger partial charge in [0.15, 0.2) is 0 Å². The van der Waals surface area contributed by atoms with Gasteiger partial charge in [-0.1, -0.05) is 90.6 Å². The van der Waals surface area contributed by atoms with Crippen molar-refractivity contribution in [2.45, 2.75) is 50.6 Å². The van der Waals surface area contributed by atoms with E-state index in [4.69, 9.17) is 23.2 Å². The number of halogens is 3. The molecule has 0 heterocycles. The Labute approximate surface area is 280 Å². The fraction of sp³-hybridized carbons (Fsp3) is 0.257. The van der Waals surface area contributed by atoms with Gasteiger partial charge < -0.3 is 10.2 Å². The monoisotopic (exact) mass is 683 g/mol. The average molecular weight is 685 g/mol. The molecule has 242 valence electrons. The lowest BCUT2D eigenvalue weighted by Crippen LogP contribution is -2.53. The number of amides is 2. The first-order valence-electron chi connectivity index (χ1n) is 14.9. The Morgan fingerprint density at radius 2 is 1.54 bits per heavy atom. The molecule has 0 bridgehead atoms. The van der Waals surface area contributed by atoms with E-state index >= 15 is 0 Å². The number of nitrogens with zero attached hydrogens (tertiary/aromatic N) is 2. The van der Waals surface area contributed by atoms with Crippen LogP contribution in [0.15, 0.2) is 102 Å². The molecule has 46 heavy (non-hydrogen) atoms. The summed E-state index contributed by atoms with van der Waals surface area (Å²) >= 11 is 12.5. The van der Waals surface area contributed by atoms with Crippen molar-refractivity contribution in [1.29, 1.82) is 0 Å². The third kappa shape index (κ3) is 9.09. The Morgan fingerprint density at radius 3 is 2.17 bits per heavy atom. The Balaban J connectivity index is 1.80. The molecule has 0 aromatic heterocycles. The molecule has 4 rings (SSSR count). The minimum Gasteiger partial charge on any atom is -0.354 e. The van der Waals surface area contributed by atoms with Crippen molar-refractivity contribution in [2.75, 3.05) is 17.4 Å². The molecule has 7 nitrogen and oxygen atoms in total. The van der Waals surface area contributed by atoms with Gasteiger partial charge in [0.2, 0.25) is 11.8 Å². The highest BCUT2D eigenvalue weighted by molar-refractivity contribution is 7.92. The molecular formula is C35H36Cl2FN3O4S. The quantitative estimate of drug-likeness (QED) is 0.143. The molecular weight excluding hydrogens is 648 g/mol.